The van der Waals surface area contributed by atoms with Gasteiger partial charge in [0.15, 0.2) is 5.65 Å². The second kappa shape index (κ2) is 12.0. The number of aromatic amines is 1. The fraction of sp³-hybridized carbons (Fsp3) is 0.321. The number of H-pyrrole nitrogens is 1. The fourth-order valence-electron chi connectivity index (χ4n) is 4.13. The van der Waals surface area contributed by atoms with Gasteiger partial charge in [-0.3, -0.25) is 4.98 Å². The summed E-state index contributed by atoms with van der Waals surface area (Å²) in [6.07, 6.45) is 4.60. The van der Waals surface area contributed by atoms with Crippen molar-refractivity contribution >= 4 is 23.2 Å². The van der Waals surface area contributed by atoms with Crippen LogP contribution < -0.4 is 15.2 Å². The van der Waals surface area contributed by atoms with Crippen LogP contribution in [0, 0.1) is 5.92 Å². The lowest BCUT2D eigenvalue weighted by atomic mass is 10.0. The quantitative estimate of drug-likeness (QED) is 0.225. The maximum Gasteiger partial charge on any atom is 0.342 e. The smallest absolute Gasteiger partial charge is 0.342 e. The Bertz CT molecular complexity index is 1410. The molecule has 0 saturated heterocycles. The number of fused-ring (bicyclic) bond motifs is 1. The zero-order chi connectivity index (χ0) is 26.4. The van der Waals surface area contributed by atoms with Gasteiger partial charge in [-0.2, -0.15) is 4.98 Å². The molecule has 8 nitrogen and oxygen atoms in total. The zero-order valence-electron chi connectivity index (χ0n) is 21.1. The molecule has 9 heteroatoms. The average Bonchev–Trinajstić information content (AvgIpc) is 3.22. The Morgan fingerprint density at radius 3 is 2.43 bits per heavy atom. The van der Waals surface area contributed by atoms with Crippen LogP contribution in [0.5, 0.6) is 17.5 Å². The number of benzene rings is 2. The number of carbonyl (C=O) groups excluding carboxylic acids is 1. The molecule has 0 aliphatic carbocycles. The SMILES string of the molecule is CCCCC(CC)COc1ccc(Oc2nc3c(C(=O)OC)c(-c4ccccc4)c(Cl)n3c(=O)[nH]2)cc1. The number of hydrogen-bond acceptors (Lipinski definition) is 6. The molecule has 2 heterocycles. The van der Waals surface area contributed by atoms with E-state index < -0.39 is 11.7 Å². The van der Waals surface area contributed by atoms with Gasteiger partial charge in [-0.15, -0.1) is 0 Å². The largest absolute Gasteiger partial charge is 0.493 e. The molecule has 0 aliphatic rings. The van der Waals surface area contributed by atoms with E-state index in [0.717, 1.165) is 23.0 Å². The number of methoxy groups -OCH3 is 1. The van der Waals surface area contributed by atoms with Crippen molar-refractivity contribution in [2.24, 2.45) is 5.92 Å². The van der Waals surface area contributed by atoms with Crippen molar-refractivity contribution in [3.05, 3.63) is 75.8 Å². The summed E-state index contributed by atoms with van der Waals surface area (Å²) < 4.78 is 17.9. The van der Waals surface area contributed by atoms with Crippen LogP contribution in [0.3, 0.4) is 0 Å². The van der Waals surface area contributed by atoms with Crippen molar-refractivity contribution in [1.82, 2.24) is 14.4 Å². The average molecular weight is 524 g/mol. The molecule has 4 aromatic rings. The van der Waals surface area contributed by atoms with Gasteiger partial charge in [0, 0.05) is 5.56 Å². The van der Waals surface area contributed by atoms with Crippen LogP contribution in [0.25, 0.3) is 16.8 Å². The second-order valence-electron chi connectivity index (χ2n) is 8.71. The van der Waals surface area contributed by atoms with E-state index in [1.165, 1.54) is 20.0 Å². The summed E-state index contributed by atoms with van der Waals surface area (Å²) >= 11 is 6.56. The van der Waals surface area contributed by atoms with Gasteiger partial charge in [0.1, 0.15) is 22.2 Å². The van der Waals surface area contributed by atoms with Crippen LogP contribution in [0.4, 0.5) is 0 Å². The molecule has 0 saturated carbocycles. The van der Waals surface area contributed by atoms with Crippen molar-refractivity contribution < 1.29 is 19.0 Å². The first-order valence-electron chi connectivity index (χ1n) is 12.3. The maximum atomic E-state index is 13.0. The van der Waals surface area contributed by atoms with E-state index in [1.54, 1.807) is 36.4 Å². The lowest BCUT2D eigenvalue weighted by molar-refractivity contribution is 0.0603. The molecule has 2 aromatic heterocycles. The third kappa shape index (κ3) is 5.80. The topological polar surface area (TPSA) is 94.9 Å². The van der Waals surface area contributed by atoms with Gasteiger partial charge < -0.3 is 14.2 Å². The van der Waals surface area contributed by atoms with Crippen molar-refractivity contribution in [1.29, 1.82) is 0 Å². The zero-order valence-corrected chi connectivity index (χ0v) is 21.9. The number of esters is 1. The van der Waals surface area contributed by atoms with Crippen LogP contribution in [0.1, 0.15) is 49.9 Å². The summed E-state index contributed by atoms with van der Waals surface area (Å²) in [4.78, 5) is 32.7. The van der Waals surface area contributed by atoms with Crippen LogP contribution in [0.15, 0.2) is 59.4 Å². The highest BCUT2D eigenvalue weighted by atomic mass is 35.5. The number of unbranched alkanes of at least 4 members (excludes halogenated alkanes) is 1. The third-order valence-electron chi connectivity index (χ3n) is 6.23. The molecule has 1 atom stereocenters. The Balaban J connectivity index is 1.62. The Labute approximate surface area is 220 Å². The highest BCUT2D eigenvalue weighted by Gasteiger charge is 2.27. The Morgan fingerprint density at radius 2 is 1.78 bits per heavy atom. The highest BCUT2D eigenvalue weighted by molar-refractivity contribution is 6.34. The van der Waals surface area contributed by atoms with Crippen molar-refractivity contribution in [3.8, 4) is 28.6 Å². The molecule has 4 rings (SSSR count). The molecular formula is C28H30ClN3O5. The lowest BCUT2D eigenvalue weighted by Gasteiger charge is -2.15. The van der Waals surface area contributed by atoms with Crippen LogP contribution in [-0.4, -0.2) is 34.1 Å². The third-order valence-corrected chi connectivity index (χ3v) is 6.59. The molecule has 194 valence electrons. The predicted molar refractivity (Wildman–Crippen MR) is 143 cm³/mol. The van der Waals surface area contributed by atoms with Gasteiger partial charge in [0.05, 0.1) is 13.7 Å². The molecule has 0 bridgehead atoms. The fourth-order valence-corrected chi connectivity index (χ4v) is 4.49. The predicted octanol–water partition coefficient (Wildman–Crippen LogP) is 6.52. The number of rotatable bonds is 11. The highest BCUT2D eigenvalue weighted by Crippen LogP contribution is 2.36. The van der Waals surface area contributed by atoms with E-state index in [2.05, 4.69) is 23.8 Å². The molecule has 1 N–H and O–H groups in total. The Morgan fingerprint density at radius 1 is 1.08 bits per heavy atom. The summed E-state index contributed by atoms with van der Waals surface area (Å²) in [7, 11) is 1.26. The Kier molecular flexibility index (Phi) is 8.50. The minimum absolute atomic E-state index is 0.0343. The number of aromatic nitrogens is 3. The van der Waals surface area contributed by atoms with Gasteiger partial charge >= 0.3 is 17.7 Å². The molecule has 0 amide bonds. The van der Waals surface area contributed by atoms with E-state index in [9.17, 15) is 9.59 Å². The molecule has 0 radical (unpaired) electrons. The molecule has 1 unspecified atom stereocenters. The van der Waals surface area contributed by atoms with E-state index in [0.29, 0.717) is 29.4 Å². The molecule has 0 spiro atoms. The summed E-state index contributed by atoms with van der Waals surface area (Å²) in [6.45, 7) is 5.03. The van der Waals surface area contributed by atoms with Gasteiger partial charge in [-0.25, -0.2) is 14.0 Å². The van der Waals surface area contributed by atoms with E-state index >= 15 is 0 Å². The van der Waals surface area contributed by atoms with Crippen molar-refractivity contribution in [2.75, 3.05) is 13.7 Å². The van der Waals surface area contributed by atoms with Gasteiger partial charge in [-0.05, 0) is 42.2 Å². The first kappa shape index (κ1) is 26.3. The van der Waals surface area contributed by atoms with Gasteiger partial charge in [0.2, 0.25) is 0 Å². The van der Waals surface area contributed by atoms with Crippen LogP contribution in [0.2, 0.25) is 5.15 Å². The number of nitrogens with zero attached hydrogens (tertiary/aromatic N) is 2. The Hall–Kier alpha value is -3.78. The first-order chi connectivity index (χ1) is 18.0. The van der Waals surface area contributed by atoms with Gasteiger partial charge in [0.25, 0.3) is 0 Å². The summed E-state index contributed by atoms with van der Waals surface area (Å²) in [6, 6.07) is 16.0. The van der Waals surface area contributed by atoms with Gasteiger partial charge in [-0.1, -0.05) is 75.0 Å². The maximum absolute atomic E-state index is 13.0. The molecule has 0 aliphatic heterocycles. The van der Waals surface area contributed by atoms with Crippen molar-refractivity contribution in [3.63, 3.8) is 0 Å². The van der Waals surface area contributed by atoms with Crippen LogP contribution >= 0.6 is 11.6 Å². The summed E-state index contributed by atoms with van der Waals surface area (Å²) in [5, 5.41) is 0.0488. The molecular weight excluding hydrogens is 494 g/mol. The lowest BCUT2D eigenvalue weighted by Crippen LogP contribution is -2.18. The van der Waals surface area contributed by atoms with E-state index in [4.69, 9.17) is 25.8 Å². The minimum Gasteiger partial charge on any atom is -0.493 e. The summed E-state index contributed by atoms with van der Waals surface area (Å²) in [5.74, 6) is 1.03. The number of nitrogens with one attached hydrogen (secondary N) is 1. The standard InChI is InChI=1S/C28H30ClN3O5/c1-4-6-10-18(5-2)17-36-20-13-15-21(16-14-20)37-27-30-25-23(26(33)35-3)22(19-11-8-7-9-12-19)24(29)32(25)28(34)31-27/h7-9,11-16,18H,4-6,10,17H2,1-3H3,(H,30,31,34). The minimum atomic E-state index is -0.668. The number of ether oxygens (including phenoxy) is 3. The van der Waals surface area contributed by atoms with Crippen LogP contribution in [-0.2, 0) is 4.74 Å². The summed E-state index contributed by atoms with van der Waals surface area (Å²) in [5.41, 5.74) is 0.514. The molecule has 37 heavy (non-hydrogen) atoms. The first-order valence-corrected chi connectivity index (χ1v) is 12.7. The number of hydrogen-bond donors (Lipinski definition) is 1. The molecule has 0 fully saturated rings. The number of carbonyl (C=O) groups is 1. The monoisotopic (exact) mass is 523 g/mol. The molecule has 2 aromatic carbocycles. The van der Waals surface area contributed by atoms with Crippen molar-refractivity contribution in [2.45, 2.75) is 39.5 Å². The second-order valence-corrected chi connectivity index (χ2v) is 9.06. The van der Waals surface area contributed by atoms with E-state index in [-0.39, 0.29) is 22.4 Å². The number of halogens is 1. The normalized spacial score (nSPS) is 11.9. The van der Waals surface area contributed by atoms with E-state index in [1.807, 2.05) is 18.2 Å².